The number of aryl methyl sites for hydroxylation is 1. The number of aromatic nitrogens is 3. The number of nitrogens with one attached hydrogen (secondary N) is 1. The summed E-state index contributed by atoms with van der Waals surface area (Å²) in [5.41, 5.74) is 5.33. The number of hydrogen-bond acceptors (Lipinski definition) is 3. The summed E-state index contributed by atoms with van der Waals surface area (Å²) in [6.07, 6.45) is 12.3. The van der Waals surface area contributed by atoms with Crippen LogP contribution in [0.5, 0.6) is 0 Å². The number of anilines is 1. The third-order valence-corrected chi connectivity index (χ3v) is 4.86. The van der Waals surface area contributed by atoms with Crippen molar-refractivity contribution in [2.45, 2.75) is 32.1 Å². The molecule has 2 aromatic heterocycles. The Morgan fingerprint density at radius 1 is 1.32 bits per heavy atom. The number of hydrogen-bond donors (Lipinski definition) is 1. The summed E-state index contributed by atoms with van der Waals surface area (Å²) in [6, 6.07) is 2.34. The Labute approximate surface area is 131 Å². The SMILES string of the molecule is CC1C=C(c2cnc3c(c2)C(c2cnn(C)c2)CN3)CCC1. The summed E-state index contributed by atoms with van der Waals surface area (Å²) in [4.78, 5) is 4.66. The van der Waals surface area contributed by atoms with Crippen LogP contribution in [0.3, 0.4) is 0 Å². The Hall–Kier alpha value is -2.10. The summed E-state index contributed by atoms with van der Waals surface area (Å²) in [6.45, 7) is 3.22. The van der Waals surface area contributed by atoms with Gasteiger partial charge < -0.3 is 5.32 Å². The fourth-order valence-electron chi connectivity index (χ4n) is 3.66. The zero-order valence-electron chi connectivity index (χ0n) is 13.2. The smallest absolute Gasteiger partial charge is 0.129 e. The van der Waals surface area contributed by atoms with Crippen molar-refractivity contribution in [1.82, 2.24) is 14.8 Å². The molecule has 0 amide bonds. The molecule has 1 aliphatic heterocycles. The number of nitrogens with zero attached hydrogens (tertiary/aromatic N) is 3. The van der Waals surface area contributed by atoms with E-state index < -0.39 is 0 Å². The van der Waals surface area contributed by atoms with E-state index in [9.17, 15) is 0 Å². The van der Waals surface area contributed by atoms with Gasteiger partial charge in [0, 0.05) is 37.5 Å². The van der Waals surface area contributed by atoms with Crippen molar-refractivity contribution < 1.29 is 0 Å². The summed E-state index contributed by atoms with van der Waals surface area (Å²) >= 11 is 0. The Morgan fingerprint density at radius 2 is 2.23 bits per heavy atom. The van der Waals surface area contributed by atoms with E-state index in [0.29, 0.717) is 11.8 Å². The standard InChI is InChI=1S/C18H22N4/c1-12-4-3-5-13(6-12)14-7-16-17(10-20-18(16)19-8-14)15-9-21-22(2)11-15/h6-9,11-12,17H,3-5,10H2,1-2H3,(H,19,20). The molecule has 3 heterocycles. The zero-order chi connectivity index (χ0) is 15.1. The van der Waals surface area contributed by atoms with Crippen molar-refractivity contribution in [2.24, 2.45) is 13.0 Å². The second-order valence-electron chi connectivity index (χ2n) is 6.60. The van der Waals surface area contributed by atoms with Crippen molar-refractivity contribution >= 4 is 11.4 Å². The molecular weight excluding hydrogens is 272 g/mol. The highest BCUT2D eigenvalue weighted by molar-refractivity contribution is 5.69. The van der Waals surface area contributed by atoms with E-state index in [1.807, 2.05) is 24.1 Å². The topological polar surface area (TPSA) is 42.7 Å². The van der Waals surface area contributed by atoms with Gasteiger partial charge in [0.25, 0.3) is 0 Å². The largest absolute Gasteiger partial charge is 0.369 e. The van der Waals surface area contributed by atoms with Crippen LogP contribution in [0.1, 0.15) is 48.8 Å². The van der Waals surface area contributed by atoms with Gasteiger partial charge in [0.2, 0.25) is 0 Å². The number of allylic oxidation sites excluding steroid dienone is 2. The maximum Gasteiger partial charge on any atom is 0.129 e. The Kier molecular flexibility index (Phi) is 3.25. The molecule has 1 N–H and O–H groups in total. The fraction of sp³-hybridized carbons (Fsp3) is 0.444. The Morgan fingerprint density at radius 3 is 3.00 bits per heavy atom. The minimum Gasteiger partial charge on any atom is -0.369 e. The van der Waals surface area contributed by atoms with Gasteiger partial charge in [0.15, 0.2) is 0 Å². The lowest BCUT2D eigenvalue weighted by Crippen LogP contribution is -2.03. The van der Waals surface area contributed by atoms with Crippen LogP contribution in [-0.4, -0.2) is 21.3 Å². The molecule has 0 saturated carbocycles. The molecule has 2 unspecified atom stereocenters. The molecule has 1 aliphatic carbocycles. The predicted octanol–water partition coefficient (Wildman–Crippen LogP) is 3.58. The molecule has 2 atom stereocenters. The van der Waals surface area contributed by atoms with Gasteiger partial charge in [0.1, 0.15) is 5.82 Å². The molecule has 0 saturated heterocycles. The summed E-state index contributed by atoms with van der Waals surface area (Å²) < 4.78 is 1.87. The van der Waals surface area contributed by atoms with Crippen LogP contribution in [0.4, 0.5) is 5.82 Å². The van der Waals surface area contributed by atoms with Crippen LogP contribution >= 0.6 is 0 Å². The minimum absolute atomic E-state index is 0.359. The molecule has 0 bridgehead atoms. The van der Waals surface area contributed by atoms with E-state index in [-0.39, 0.29) is 0 Å². The van der Waals surface area contributed by atoms with E-state index in [2.05, 4.69) is 40.7 Å². The Bertz CT molecular complexity index is 728. The molecule has 114 valence electrons. The quantitative estimate of drug-likeness (QED) is 0.920. The molecule has 2 aliphatic rings. The van der Waals surface area contributed by atoms with Crippen LogP contribution in [0.15, 0.2) is 30.7 Å². The molecule has 4 heteroatoms. The normalized spacial score (nSPS) is 23.8. The molecule has 2 aromatic rings. The van der Waals surface area contributed by atoms with Crippen LogP contribution in [0, 0.1) is 5.92 Å². The maximum absolute atomic E-state index is 4.66. The van der Waals surface area contributed by atoms with Gasteiger partial charge in [-0.1, -0.05) is 13.0 Å². The first-order valence-corrected chi connectivity index (χ1v) is 8.14. The van der Waals surface area contributed by atoms with Crippen LogP contribution < -0.4 is 5.32 Å². The lowest BCUT2D eigenvalue weighted by atomic mass is 9.87. The van der Waals surface area contributed by atoms with Gasteiger partial charge in [-0.25, -0.2) is 4.98 Å². The van der Waals surface area contributed by atoms with Crippen molar-refractivity contribution in [1.29, 1.82) is 0 Å². The average molecular weight is 294 g/mol. The highest BCUT2D eigenvalue weighted by Crippen LogP contribution is 2.37. The average Bonchev–Trinajstić information content (AvgIpc) is 3.12. The molecule has 0 radical (unpaired) electrons. The van der Waals surface area contributed by atoms with Gasteiger partial charge in [-0.2, -0.15) is 5.10 Å². The van der Waals surface area contributed by atoms with E-state index >= 15 is 0 Å². The van der Waals surface area contributed by atoms with E-state index in [4.69, 9.17) is 0 Å². The number of fused-ring (bicyclic) bond motifs is 1. The molecule has 0 aromatic carbocycles. The lowest BCUT2D eigenvalue weighted by molar-refractivity contribution is 0.592. The van der Waals surface area contributed by atoms with Gasteiger partial charge in [-0.15, -0.1) is 0 Å². The van der Waals surface area contributed by atoms with Crippen LogP contribution in [-0.2, 0) is 7.05 Å². The molecule has 4 nitrogen and oxygen atoms in total. The second kappa shape index (κ2) is 5.27. The monoisotopic (exact) mass is 294 g/mol. The van der Waals surface area contributed by atoms with Crippen LogP contribution in [0.2, 0.25) is 0 Å². The van der Waals surface area contributed by atoms with Crippen LogP contribution in [0.25, 0.3) is 5.57 Å². The van der Waals surface area contributed by atoms with Crippen molar-refractivity contribution in [3.63, 3.8) is 0 Å². The zero-order valence-corrected chi connectivity index (χ0v) is 13.2. The summed E-state index contributed by atoms with van der Waals surface area (Å²) in [5, 5.41) is 7.74. The van der Waals surface area contributed by atoms with Gasteiger partial charge >= 0.3 is 0 Å². The predicted molar refractivity (Wildman–Crippen MR) is 88.8 cm³/mol. The minimum atomic E-state index is 0.359. The molecule has 0 fully saturated rings. The van der Waals surface area contributed by atoms with Crippen molar-refractivity contribution in [3.05, 3.63) is 47.4 Å². The summed E-state index contributed by atoms with van der Waals surface area (Å²) in [5.74, 6) is 2.07. The maximum atomic E-state index is 4.66. The molecule has 0 spiro atoms. The van der Waals surface area contributed by atoms with Crippen molar-refractivity contribution in [2.75, 3.05) is 11.9 Å². The van der Waals surface area contributed by atoms with Crippen molar-refractivity contribution in [3.8, 4) is 0 Å². The third kappa shape index (κ3) is 2.32. The molecular formula is C18H22N4. The first-order chi connectivity index (χ1) is 10.7. The number of rotatable bonds is 2. The van der Waals surface area contributed by atoms with Gasteiger partial charge in [0.05, 0.1) is 6.20 Å². The summed E-state index contributed by atoms with van der Waals surface area (Å²) in [7, 11) is 1.97. The third-order valence-electron chi connectivity index (χ3n) is 4.86. The van der Waals surface area contributed by atoms with E-state index in [1.54, 1.807) is 0 Å². The highest BCUT2D eigenvalue weighted by Gasteiger charge is 2.26. The first-order valence-electron chi connectivity index (χ1n) is 8.14. The lowest BCUT2D eigenvalue weighted by Gasteiger charge is -2.18. The van der Waals surface area contributed by atoms with E-state index in [0.717, 1.165) is 12.4 Å². The highest BCUT2D eigenvalue weighted by atomic mass is 15.2. The molecule has 22 heavy (non-hydrogen) atoms. The van der Waals surface area contributed by atoms with Gasteiger partial charge in [-0.3, -0.25) is 4.68 Å². The number of pyridine rings is 1. The van der Waals surface area contributed by atoms with E-state index in [1.165, 1.54) is 41.5 Å². The van der Waals surface area contributed by atoms with Gasteiger partial charge in [-0.05, 0) is 47.9 Å². The first kappa shape index (κ1) is 13.6. The fourth-order valence-corrected chi connectivity index (χ4v) is 3.66. The second-order valence-corrected chi connectivity index (χ2v) is 6.60. The molecule has 4 rings (SSSR count). The Balaban J connectivity index is 1.71.